The van der Waals surface area contributed by atoms with Crippen LogP contribution in [0.2, 0.25) is 0 Å². The highest BCUT2D eigenvalue weighted by atomic mass is 32.1. The zero-order valence-corrected chi connectivity index (χ0v) is 17.6. The van der Waals surface area contributed by atoms with E-state index in [0.29, 0.717) is 6.42 Å². The number of carbonyl (C=O) groups is 1. The number of nitrogens with zero attached hydrogens (tertiary/aromatic N) is 3. The maximum Gasteiger partial charge on any atom is 0.224 e. The van der Waals surface area contributed by atoms with Gasteiger partial charge >= 0.3 is 0 Å². The molecule has 152 valence electrons. The number of aryl methyl sites for hydroxylation is 3. The number of aromatic nitrogens is 3. The maximum absolute atomic E-state index is 12.4. The topological polar surface area (TPSA) is 59.8 Å². The second kappa shape index (κ2) is 8.40. The van der Waals surface area contributed by atoms with E-state index in [9.17, 15) is 4.79 Å². The van der Waals surface area contributed by atoms with Crippen LogP contribution in [0, 0.1) is 0 Å². The number of nitrogens with one attached hydrogen (secondary N) is 1. The van der Waals surface area contributed by atoms with Crippen LogP contribution in [0.4, 0.5) is 5.69 Å². The molecule has 0 bridgehead atoms. The Hall–Kier alpha value is -2.99. The molecule has 0 saturated heterocycles. The maximum atomic E-state index is 12.4. The van der Waals surface area contributed by atoms with E-state index in [0.717, 1.165) is 53.3 Å². The fourth-order valence-electron chi connectivity index (χ4n) is 3.96. The van der Waals surface area contributed by atoms with Gasteiger partial charge in [0.1, 0.15) is 5.82 Å². The molecule has 3 heterocycles. The van der Waals surface area contributed by atoms with Gasteiger partial charge < -0.3 is 9.88 Å². The molecule has 5 rings (SSSR count). The van der Waals surface area contributed by atoms with E-state index in [1.807, 2.05) is 36.4 Å². The normalized spacial score (nSPS) is 13.3. The van der Waals surface area contributed by atoms with Crippen molar-refractivity contribution in [1.29, 1.82) is 0 Å². The van der Waals surface area contributed by atoms with Crippen LogP contribution in [0.1, 0.15) is 36.5 Å². The van der Waals surface area contributed by atoms with Crippen molar-refractivity contribution < 1.29 is 4.79 Å². The molecule has 1 amide bonds. The Kier molecular flexibility index (Phi) is 5.32. The first kappa shape index (κ1) is 19.0. The number of imidazole rings is 1. The average Bonchev–Trinajstić information content (AvgIpc) is 3.37. The number of fused-ring (bicyclic) bond motifs is 2. The van der Waals surface area contributed by atoms with Crippen molar-refractivity contribution in [3.63, 3.8) is 0 Å². The van der Waals surface area contributed by atoms with Gasteiger partial charge in [-0.15, -0.1) is 11.3 Å². The molecule has 0 atom stereocenters. The molecule has 2 aromatic carbocycles. The second-order valence-electron chi connectivity index (χ2n) is 7.75. The van der Waals surface area contributed by atoms with Crippen molar-refractivity contribution in [3.05, 3.63) is 65.6 Å². The lowest BCUT2D eigenvalue weighted by Crippen LogP contribution is -2.11. The van der Waals surface area contributed by atoms with Crippen LogP contribution >= 0.6 is 11.3 Å². The minimum absolute atomic E-state index is 0.0393. The number of carbonyl (C=O) groups excluding carboxylic acids is 1. The number of para-hydroxylation sites is 1. The zero-order valence-electron chi connectivity index (χ0n) is 16.8. The van der Waals surface area contributed by atoms with Gasteiger partial charge in [-0.25, -0.2) is 9.97 Å². The molecule has 0 unspecified atom stereocenters. The number of benzene rings is 2. The second-order valence-corrected chi connectivity index (χ2v) is 8.87. The molecule has 0 saturated carbocycles. The van der Waals surface area contributed by atoms with Crippen molar-refractivity contribution in [2.45, 2.75) is 45.1 Å². The SMILES string of the molecule is O=C(CCCc1nc2ccccc2s1)Nc1cccc(-c2cn3c(n2)CCCC3)c1. The fourth-order valence-corrected chi connectivity index (χ4v) is 4.97. The third kappa shape index (κ3) is 4.14. The number of hydrogen-bond donors (Lipinski definition) is 1. The fraction of sp³-hybridized carbons (Fsp3) is 0.292. The standard InChI is InChI=1S/C24H24N4OS/c29-23(12-6-13-24-27-19-9-1-2-10-21(19)30-24)25-18-8-5-7-17(15-18)20-16-28-14-4-3-11-22(28)26-20/h1-2,5,7-10,15-16H,3-4,6,11-14H2,(H,25,29). The molecule has 30 heavy (non-hydrogen) atoms. The van der Waals surface area contributed by atoms with E-state index in [2.05, 4.69) is 33.2 Å². The minimum atomic E-state index is 0.0393. The molecule has 5 nitrogen and oxygen atoms in total. The molecular weight excluding hydrogens is 392 g/mol. The number of rotatable bonds is 6. The molecule has 1 N–H and O–H groups in total. The number of thiazole rings is 1. The van der Waals surface area contributed by atoms with Gasteiger partial charge in [0.25, 0.3) is 0 Å². The molecule has 2 aromatic heterocycles. The van der Waals surface area contributed by atoms with Crippen LogP contribution in [0.3, 0.4) is 0 Å². The van der Waals surface area contributed by atoms with Crippen LogP contribution in [-0.4, -0.2) is 20.4 Å². The summed E-state index contributed by atoms with van der Waals surface area (Å²) in [7, 11) is 0. The number of anilines is 1. The van der Waals surface area contributed by atoms with Crippen molar-refractivity contribution in [2.75, 3.05) is 5.32 Å². The van der Waals surface area contributed by atoms with Crippen LogP contribution in [0.25, 0.3) is 21.5 Å². The third-order valence-electron chi connectivity index (χ3n) is 5.48. The highest BCUT2D eigenvalue weighted by Gasteiger charge is 2.14. The first-order chi connectivity index (χ1) is 14.7. The smallest absolute Gasteiger partial charge is 0.224 e. The van der Waals surface area contributed by atoms with Gasteiger partial charge in [-0.2, -0.15) is 0 Å². The molecule has 0 radical (unpaired) electrons. The van der Waals surface area contributed by atoms with Gasteiger partial charge in [0.15, 0.2) is 0 Å². The summed E-state index contributed by atoms with van der Waals surface area (Å²) in [5.41, 5.74) is 3.89. The Morgan fingerprint density at radius 2 is 2.03 bits per heavy atom. The van der Waals surface area contributed by atoms with E-state index in [-0.39, 0.29) is 5.91 Å². The van der Waals surface area contributed by atoms with Crippen LogP contribution in [-0.2, 0) is 24.2 Å². The van der Waals surface area contributed by atoms with Gasteiger partial charge in [0.2, 0.25) is 5.91 Å². The molecule has 4 aromatic rings. The molecule has 1 aliphatic heterocycles. The van der Waals surface area contributed by atoms with Crippen LogP contribution < -0.4 is 5.32 Å². The molecule has 0 fully saturated rings. The lowest BCUT2D eigenvalue weighted by molar-refractivity contribution is -0.116. The minimum Gasteiger partial charge on any atom is -0.334 e. The Labute approximate surface area is 179 Å². The lowest BCUT2D eigenvalue weighted by atomic mass is 10.1. The van der Waals surface area contributed by atoms with Gasteiger partial charge in [-0.1, -0.05) is 24.3 Å². The summed E-state index contributed by atoms with van der Waals surface area (Å²) < 4.78 is 3.46. The summed E-state index contributed by atoms with van der Waals surface area (Å²) in [6, 6.07) is 16.1. The van der Waals surface area contributed by atoms with Crippen molar-refractivity contribution in [2.24, 2.45) is 0 Å². The molecular formula is C24H24N4OS. The molecule has 0 aliphatic carbocycles. The first-order valence-corrected chi connectivity index (χ1v) is 11.4. The van der Waals surface area contributed by atoms with Gasteiger partial charge in [0, 0.05) is 36.8 Å². The van der Waals surface area contributed by atoms with Crippen molar-refractivity contribution in [1.82, 2.24) is 14.5 Å². The molecule has 1 aliphatic rings. The van der Waals surface area contributed by atoms with E-state index >= 15 is 0 Å². The summed E-state index contributed by atoms with van der Waals surface area (Å²) in [5, 5.41) is 4.13. The predicted octanol–water partition coefficient (Wildman–Crippen LogP) is 5.46. The summed E-state index contributed by atoms with van der Waals surface area (Å²) in [6.07, 6.45) is 7.71. The number of hydrogen-bond acceptors (Lipinski definition) is 4. The Balaban J connectivity index is 1.19. The monoisotopic (exact) mass is 416 g/mol. The van der Waals surface area contributed by atoms with E-state index in [1.165, 1.54) is 23.4 Å². The Morgan fingerprint density at radius 1 is 1.10 bits per heavy atom. The van der Waals surface area contributed by atoms with Crippen molar-refractivity contribution in [3.8, 4) is 11.3 Å². The van der Waals surface area contributed by atoms with E-state index in [1.54, 1.807) is 11.3 Å². The van der Waals surface area contributed by atoms with Gasteiger partial charge in [-0.05, 0) is 49.9 Å². The Bertz CT molecular complexity index is 1140. The summed E-state index contributed by atoms with van der Waals surface area (Å²) >= 11 is 1.71. The Morgan fingerprint density at radius 3 is 2.93 bits per heavy atom. The van der Waals surface area contributed by atoms with E-state index in [4.69, 9.17) is 4.98 Å². The van der Waals surface area contributed by atoms with Gasteiger partial charge in [0.05, 0.1) is 20.9 Å². The predicted molar refractivity (Wildman–Crippen MR) is 122 cm³/mol. The third-order valence-corrected chi connectivity index (χ3v) is 6.58. The first-order valence-electron chi connectivity index (χ1n) is 10.6. The zero-order chi connectivity index (χ0) is 20.3. The highest BCUT2D eigenvalue weighted by molar-refractivity contribution is 7.18. The lowest BCUT2D eigenvalue weighted by Gasteiger charge is -2.11. The largest absolute Gasteiger partial charge is 0.334 e. The van der Waals surface area contributed by atoms with Crippen LogP contribution in [0.5, 0.6) is 0 Å². The average molecular weight is 417 g/mol. The number of amides is 1. The summed E-state index contributed by atoms with van der Waals surface area (Å²) in [6.45, 7) is 1.05. The molecule has 0 spiro atoms. The summed E-state index contributed by atoms with van der Waals surface area (Å²) in [5.74, 6) is 1.21. The summed E-state index contributed by atoms with van der Waals surface area (Å²) in [4.78, 5) is 21.9. The highest BCUT2D eigenvalue weighted by Crippen LogP contribution is 2.25. The van der Waals surface area contributed by atoms with E-state index < -0.39 is 0 Å². The van der Waals surface area contributed by atoms with Crippen molar-refractivity contribution >= 4 is 33.1 Å². The quantitative estimate of drug-likeness (QED) is 0.454. The van der Waals surface area contributed by atoms with Gasteiger partial charge in [-0.3, -0.25) is 4.79 Å². The van der Waals surface area contributed by atoms with Crippen LogP contribution in [0.15, 0.2) is 54.7 Å². The molecule has 6 heteroatoms.